The van der Waals surface area contributed by atoms with Crippen LogP contribution in [0.5, 0.6) is 0 Å². The van der Waals surface area contributed by atoms with Gasteiger partial charge in [-0.15, -0.1) is 0 Å². The highest BCUT2D eigenvalue weighted by Crippen LogP contribution is 2.46. The molecular weight excluding hydrogens is 476 g/mol. The number of hydrogen-bond donors (Lipinski definition) is 0. The van der Waals surface area contributed by atoms with Crippen LogP contribution >= 0.6 is 0 Å². The van der Waals surface area contributed by atoms with Crippen molar-refractivity contribution in [3.63, 3.8) is 0 Å². The van der Waals surface area contributed by atoms with Crippen molar-refractivity contribution >= 4 is 28.7 Å². The number of fused-ring (bicyclic) bond motifs is 1. The molecule has 0 N–H and O–H groups in total. The zero-order chi connectivity index (χ0) is 26.8. The van der Waals surface area contributed by atoms with Gasteiger partial charge in [0.15, 0.2) is 0 Å². The van der Waals surface area contributed by atoms with Crippen LogP contribution in [0.3, 0.4) is 0 Å². The summed E-state index contributed by atoms with van der Waals surface area (Å²) in [5.74, 6) is 1.47. The van der Waals surface area contributed by atoms with E-state index in [1.165, 1.54) is 0 Å². The van der Waals surface area contributed by atoms with Gasteiger partial charge in [-0.1, -0.05) is 20.4 Å². The number of hydrogen-bond acceptors (Lipinski definition) is 7. The molecule has 1 saturated carbocycles. The molecule has 0 bridgehead atoms. The average molecular weight is 511 g/mol. The number of methoxy groups -OCH3 is 1. The van der Waals surface area contributed by atoms with Crippen LogP contribution in [0.1, 0.15) is 56.0 Å². The number of carbonyl (C=O) groups is 1. The van der Waals surface area contributed by atoms with Crippen LogP contribution in [0.15, 0.2) is 37.2 Å². The lowest BCUT2D eigenvalue weighted by molar-refractivity contribution is -0.135. The second-order valence-corrected chi connectivity index (χ2v) is 10.5. The van der Waals surface area contributed by atoms with Crippen LogP contribution in [-0.2, 0) is 9.53 Å². The van der Waals surface area contributed by atoms with Crippen LogP contribution in [0.25, 0.3) is 28.1 Å². The fourth-order valence-electron chi connectivity index (χ4n) is 5.37. The standard InChI is InChI=1S/C30H34N6O2/c1-5-22-15-24(23-8-10-32-17-26(23)33-22)25-14-21(16-31)30(34-29(25)20-6-7-20)35-11-12-36(27(18-35)19(2)3)28(37)9-13-38-4/h5,8,10,14-15,17,19-20,27H,1,6-7,9,11-13,18H2,2-4H3. The summed E-state index contributed by atoms with van der Waals surface area (Å²) >= 11 is 0. The molecule has 8 heteroatoms. The van der Waals surface area contributed by atoms with E-state index in [9.17, 15) is 10.1 Å². The van der Waals surface area contributed by atoms with Gasteiger partial charge in [0.2, 0.25) is 5.91 Å². The van der Waals surface area contributed by atoms with E-state index in [0.29, 0.717) is 44.1 Å². The maximum atomic E-state index is 12.9. The predicted molar refractivity (Wildman–Crippen MR) is 149 cm³/mol. The van der Waals surface area contributed by atoms with Crippen LogP contribution < -0.4 is 4.90 Å². The summed E-state index contributed by atoms with van der Waals surface area (Å²) in [6, 6.07) is 8.45. The predicted octanol–water partition coefficient (Wildman–Crippen LogP) is 4.79. The quantitative estimate of drug-likeness (QED) is 0.430. The van der Waals surface area contributed by atoms with Gasteiger partial charge >= 0.3 is 0 Å². The Morgan fingerprint density at radius 1 is 1.26 bits per heavy atom. The molecule has 8 nitrogen and oxygen atoms in total. The van der Waals surface area contributed by atoms with Gasteiger partial charge in [0, 0.05) is 49.8 Å². The Morgan fingerprint density at radius 2 is 2.08 bits per heavy atom. The minimum atomic E-state index is 0.0392. The monoisotopic (exact) mass is 510 g/mol. The van der Waals surface area contributed by atoms with E-state index in [0.717, 1.165) is 52.1 Å². The molecule has 4 heterocycles. The highest BCUT2D eigenvalue weighted by Gasteiger charge is 2.35. The second kappa shape index (κ2) is 10.9. The van der Waals surface area contributed by atoms with E-state index in [2.05, 4.69) is 41.4 Å². The lowest BCUT2D eigenvalue weighted by atomic mass is 9.95. The summed E-state index contributed by atoms with van der Waals surface area (Å²) in [6.45, 7) is 10.5. The number of aromatic nitrogens is 3. The van der Waals surface area contributed by atoms with E-state index < -0.39 is 0 Å². The lowest BCUT2D eigenvalue weighted by Crippen LogP contribution is -2.57. The summed E-state index contributed by atoms with van der Waals surface area (Å²) in [5, 5.41) is 11.2. The zero-order valence-electron chi connectivity index (χ0n) is 22.4. The maximum Gasteiger partial charge on any atom is 0.225 e. The first-order valence-corrected chi connectivity index (χ1v) is 13.3. The Bertz CT molecular complexity index is 1410. The number of nitriles is 1. The number of rotatable bonds is 8. The van der Waals surface area contributed by atoms with Gasteiger partial charge < -0.3 is 14.5 Å². The van der Waals surface area contributed by atoms with Gasteiger partial charge in [-0.05, 0) is 48.6 Å². The number of anilines is 1. The Balaban J connectivity index is 1.56. The van der Waals surface area contributed by atoms with Gasteiger partial charge in [0.1, 0.15) is 11.9 Å². The van der Waals surface area contributed by atoms with Crippen molar-refractivity contribution in [2.45, 2.75) is 45.1 Å². The number of pyridine rings is 3. The molecule has 1 amide bonds. The third-order valence-corrected chi connectivity index (χ3v) is 7.58. The normalized spacial score (nSPS) is 17.6. The van der Waals surface area contributed by atoms with Crippen molar-refractivity contribution < 1.29 is 9.53 Å². The Labute approximate surface area is 224 Å². The minimum Gasteiger partial charge on any atom is -0.384 e. The van der Waals surface area contributed by atoms with Crippen molar-refractivity contribution in [2.24, 2.45) is 5.92 Å². The van der Waals surface area contributed by atoms with E-state index in [1.807, 2.05) is 23.1 Å². The first-order valence-electron chi connectivity index (χ1n) is 13.3. The van der Waals surface area contributed by atoms with E-state index in [-0.39, 0.29) is 17.9 Å². The molecule has 2 aliphatic rings. The Morgan fingerprint density at radius 3 is 2.76 bits per heavy atom. The molecule has 3 aromatic heterocycles. The van der Waals surface area contributed by atoms with Crippen LogP contribution in [-0.4, -0.2) is 65.2 Å². The van der Waals surface area contributed by atoms with Gasteiger partial charge in [-0.25, -0.2) is 9.97 Å². The first-order chi connectivity index (χ1) is 18.4. The van der Waals surface area contributed by atoms with Crippen molar-refractivity contribution in [1.82, 2.24) is 19.9 Å². The largest absolute Gasteiger partial charge is 0.384 e. The van der Waals surface area contributed by atoms with E-state index in [4.69, 9.17) is 9.72 Å². The highest BCUT2D eigenvalue weighted by molar-refractivity contribution is 5.96. The summed E-state index contributed by atoms with van der Waals surface area (Å²) in [6.07, 6.45) is 7.81. The zero-order valence-corrected chi connectivity index (χ0v) is 22.4. The van der Waals surface area contributed by atoms with Gasteiger partial charge in [0.05, 0.1) is 47.7 Å². The number of carbonyl (C=O) groups excluding carboxylic acids is 1. The smallest absolute Gasteiger partial charge is 0.225 e. The molecule has 38 heavy (non-hydrogen) atoms. The lowest BCUT2D eigenvalue weighted by Gasteiger charge is -2.44. The van der Waals surface area contributed by atoms with E-state index >= 15 is 0 Å². The van der Waals surface area contributed by atoms with Gasteiger partial charge in [-0.2, -0.15) is 5.26 Å². The van der Waals surface area contributed by atoms with Gasteiger partial charge in [0.25, 0.3) is 0 Å². The molecule has 3 aromatic rings. The fourth-order valence-corrected chi connectivity index (χ4v) is 5.37. The third kappa shape index (κ3) is 4.99. The summed E-state index contributed by atoms with van der Waals surface area (Å²) in [4.78, 5) is 31.2. The molecule has 1 aliphatic carbocycles. The van der Waals surface area contributed by atoms with E-state index in [1.54, 1.807) is 25.6 Å². The number of nitrogens with zero attached hydrogens (tertiary/aromatic N) is 6. The first kappa shape index (κ1) is 25.8. The molecule has 1 unspecified atom stereocenters. The second-order valence-electron chi connectivity index (χ2n) is 10.5. The van der Waals surface area contributed by atoms with Crippen molar-refractivity contribution in [3.05, 3.63) is 54.1 Å². The number of piperazine rings is 1. The SMILES string of the molecule is C=Cc1cc(-c2cc(C#N)c(N3CCN(C(=O)CCOC)C(C(C)C)C3)nc2C2CC2)c2ccncc2n1. The topological polar surface area (TPSA) is 95.2 Å². The number of amides is 1. The molecule has 196 valence electrons. The summed E-state index contributed by atoms with van der Waals surface area (Å²) < 4.78 is 5.13. The molecule has 0 radical (unpaired) electrons. The molecule has 2 fully saturated rings. The van der Waals surface area contributed by atoms with Gasteiger partial charge in [-0.3, -0.25) is 9.78 Å². The Kier molecular flexibility index (Phi) is 7.39. The maximum absolute atomic E-state index is 12.9. The van der Waals surface area contributed by atoms with Crippen molar-refractivity contribution in [3.8, 4) is 17.2 Å². The molecule has 1 atom stereocenters. The average Bonchev–Trinajstić information content (AvgIpc) is 3.79. The molecule has 1 saturated heterocycles. The molecular formula is C30H34N6O2. The highest BCUT2D eigenvalue weighted by atomic mass is 16.5. The number of ether oxygens (including phenoxy) is 1. The molecule has 0 spiro atoms. The molecule has 5 rings (SSSR count). The third-order valence-electron chi connectivity index (χ3n) is 7.58. The summed E-state index contributed by atoms with van der Waals surface area (Å²) in [7, 11) is 1.62. The van der Waals surface area contributed by atoms with Crippen molar-refractivity contribution in [1.29, 1.82) is 5.26 Å². The summed E-state index contributed by atoms with van der Waals surface area (Å²) in [5.41, 5.74) is 5.10. The van der Waals surface area contributed by atoms with Crippen molar-refractivity contribution in [2.75, 3.05) is 38.3 Å². The fraction of sp³-hybridized carbons (Fsp3) is 0.433. The Hall–Kier alpha value is -3.83. The van der Waals surface area contributed by atoms with Crippen LogP contribution in [0.4, 0.5) is 5.82 Å². The van der Waals surface area contributed by atoms with Crippen LogP contribution in [0.2, 0.25) is 0 Å². The molecule has 1 aliphatic heterocycles. The minimum absolute atomic E-state index is 0.0392. The molecule has 0 aromatic carbocycles. The van der Waals surface area contributed by atoms with Crippen LogP contribution in [0, 0.1) is 17.2 Å².